The van der Waals surface area contributed by atoms with E-state index in [0.717, 1.165) is 63.4 Å². The molecule has 1 saturated carbocycles. The molecule has 3 fully saturated rings. The van der Waals surface area contributed by atoms with Gasteiger partial charge in [0.2, 0.25) is 5.91 Å². The van der Waals surface area contributed by atoms with E-state index < -0.39 is 11.6 Å². The second-order valence-electron chi connectivity index (χ2n) is 8.92. The Kier molecular flexibility index (Phi) is 6.87. The molecule has 1 spiro atoms. The monoisotopic (exact) mass is 427 g/mol. The number of carbonyl (C=O) groups is 3. The summed E-state index contributed by atoms with van der Waals surface area (Å²) >= 11 is 0. The Morgan fingerprint density at radius 2 is 1.65 bits per heavy atom. The fourth-order valence-electron chi connectivity index (χ4n) is 4.88. The summed E-state index contributed by atoms with van der Waals surface area (Å²) in [4.78, 5) is 43.3. The van der Waals surface area contributed by atoms with Crippen molar-refractivity contribution in [3.63, 3.8) is 0 Å². The fraction of sp³-hybridized carbons (Fsp3) is 0.609. The number of urea groups is 1. The van der Waals surface area contributed by atoms with Crippen molar-refractivity contribution in [2.45, 2.75) is 44.2 Å². The van der Waals surface area contributed by atoms with Crippen LogP contribution in [-0.2, 0) is 16.1 Å². The van der Waals surface area contributed by atoms with Crippen LogP contribution in [0.2, 0.25) is 0 Å². The summed E-state index contributed by atoms with van der Waals surface area (Å²) in [6, 6.07) is 10.1. The van der Waals surface area contributed by atoms with Gasteiger partial charge in [-0.2, -0.15) is 0 Å². The van der Waals surface area contributed by atoms with Crippen molar-refractivity contribution in [1.82, 2.24) is 25.3 Å². The minimum atomic E-state index is -0.769. The Hall–Kier alpha value is -2.45. The van der Waals surface area contributed by atoms with Gasteiger partial charge in [0.05, 0.1) is 0 Å². The zero-order valence-electron chi connectivity index (χ0n) is 18.1. The lowest BCUT2D eigenvalue weighted by atomic mass is 9.82. The molecule has 3 aliphatic rings. The third kappa shape index (κ3) is 5.25. The van der Waals surface area contributed by atoms with E-state index in [-0.39, 0.29) is 18.4 Å². The number of amides is 4. The van der Waals surface area contributed by atoms with E-state index in [0.29, 0.717) is 19.4 Å². The standard InChI is InChI=1S/C23H33N5O3/c29-20(18-28-21(30)23(25-22(28)31)9-5-2-6-10-23)24-11-12-26-13-15-27(16-14-26)17-19-7-3-1-4-8-19/h1,3-4,7-8H,2,5-6,9-18H2,(H,24,29)(H,25,31). The third-order valence-corrected chi connectivity index (χ3v) is 6.72. The molecule has 0 unspecified atom stereocenters. The molecule has 1 aliphatic carbocycles. The van der Waals surface area contributed by atoms with E-state index in [2.05, 4.69) is 44.7 Å². The lowest BCUT2D eigenvalue weighted by molar-refractivity contribution is -0.135. The normalized spacial score (nSPS) is 22.0. The Bertz CT molecular complexity index is 786. The van der Waals surface area contributed by atoms with Crippen LogP contribution >= 0.6 is 0 Å². The van der Waals surface area contributed by atoms with Gasteiger partial charge in [0.25, 0.3) is 5.91 Å². The van der Waals surface area contributed by atoms with Crippen LogP contribution in [0.15, 0.2) is 30.3 Å². The number of benzene rings is 1. The molecule has 8 nitrogen and oxygen atoms in total. The second kappa shape index (κ2) is 9.78. The van der Waals surface area contributed by atoms with Crippen LogP contribution in [0.5, 0.6) is 0 Å². The molecule has 2 heterocycles. The number of nitrogens with zero attached hydrogens (tertiary/aromatic N) is 3. The van der Waals surface area contributed by atoms with Crippen LogP contribution in [0.4, 0.5) is 4.79 Å². The molecule has 31 heavy (non-hydrogen) atoms. The number of nitrogens with one attached hydrogen (secondary N) is 2. The number of carbonyl (C=O) groups excluding carboxylic acids is 3. The van der Waals surface area contributed by atoms with E-state index >= 15 is 0 Å². The molecule has 0 radical (unpaired) electrons. The Labute approximate surface area is 183 Å². The summed E-state index contributed by atoms with van der Waals surface area (Å²) in [5.41, 5.74) is 0.563. The highest BCUT2D eigenvalue weighted by molar-refractivity contribution is 6.09. The van der Waals surface area contributed by atoms with E-state index in [1.165, 1.54) is 5.56 Å². The summed E-state index contributed by atoms with van der Waals surface area (Å²) < 4.78 is 0. The van der Waals surface area contributed by atoms with Crippen LogP contribution in [0.25, 0.3) is 0 Å². The largest absolute Gasteiger partial charge is 0.353 e. The van der Waals surface area contributed by atoms with Gasteiger partial charge in [-0.3, -0.25) is 24.3 Å². The van der Waals surface area contributed by atoms with Crippen molar-refractivity contribution in [1.29, 1.82) is 0 Å². The maximum absolute atomic E-state index is 12.8. The Balaban J connectivity index is 1.15. The van der Waals surface area contributed by atoms with Crippen LogP contribution in [0.1, 0.15) is 37.7 Å². The van der Waals surface area contributed by atoms with Gasteiger partial charge in [0, 0.05) is 45.8 Å². The fourth-order valence-corrected chi connectivity index (χ4v) is 4.88. The maximum Gasteiger partial charge on any atom is 0.325 e. The number of hydrogen-bond acceptors (Lipinski definition) is 5. The summed E-state index contributed by atoms with van der Waals surface area (Å²) in [6.45, 7) is 6.02. The average Bonchev–Trinajstić information content (AvgIpc) is 3.00. The Morgan fingerprint density at radius 3 is 2.35 bits per heavy atom. The van der Waals surface area contributed by atoms with Gasteiger partial charge in [-0.15, -0.1) is 0 Å². The van der Waals surface area contributed by atoms with Gasteiger partial charge in [0.15, 0.2) is 0 Å². The summed E-state index contributed by atoms with van der Waals surface area (Å²) in [7, 11) is 0. The summed E-state index contributed by atoms with van der Waals surface area (Å²) in [6.07, 6.45) is 4.30. The van der Waals surface area contributed by atoms with E-state index in [9.17, 15) is 14.4 Å². The highest BCUT2D eigenvalue weighted by Crippen LogP contribution is 2.33. The molecule has 2 aliphatic heterocycles. The number of imide groups is 1. The smallest absolute Gasteiger partial charge is 0.325 e. The van der Waals surface area contributed by atoms with Crippen molar-refractivity contribution in [3.8, 4) is 0 Å². The van der Waals surface area contributed by atoms with Gasteiger partial charge >= 0.3 is 6.03 Å². The SMILES string of the molecule is O=C(CN1C(=O)NC2(CCCCC2)C1=O)NCCN1CCN(Cc2ccccc2)CC1. The van der Waals surface area contributed by atoms with Crippen molar-refractivity contribution in [2.75, 3.05) is 45.8 Å². The molecule has 0 atom stereocenters. The minimum Gasteiger partial charge on any atom is -0.353 e. The summed E-state index contributed by atoms with van der Waals surface area (Å²) in [5.74, 6) is -0.513. The van der Waals surface area contributed by atoms with Gasteiger partial charge in [-0.1, -0.05) is 49.6 Å². The number of piperazine rings is 1. The second-order valence-corrected chi connectivity index (χ2v) is 8.92. The van der Waals surface area contributed by atoms with Crippen molar-refractivity contribution in [2.24, 2.45) is 0 Å². The molecule has 168 valence electrons. The van der Waals surface area contributed by atoms with Gasteiger partial charge in [0.1, 0.15) is 12.1 Å². The first-order valence-corrected chi connectivity index (χ1v) is 11.5. The van der Waals surface area contributed by atoms with E-state index in [1.807, 2.05) is 6.07 Å². The number of rotatable bonds is 7. The third-order valence-electron chi connectivity index (χ3n) is 6.72. The minimum absolute atomic E-state index is 0.197. The molecule has 0 aromatic heterocycles. The zero-order chi connectivity index (χ0) is 21.7. The molecular formula is C23H33N5O3. The van der Waals surface area contributed by atoms with E-state index in [4.69, 9.17) is 0 Å². The predicted molar refractivity (Wildman–Crippen MR) is 117 cm³/mol. The predicted octanol–water partition coefficient (Wildman–Crippen LogP) is 1.18. The molecule has 2 N–H and O–H groups in total. The van der Waals surface area contributed by atoms with Crippen LogP contribution in [0, 0.1) is 0 Å². The molecule has 0 bridgehead atoms. The average molecular weight is 428 g/mol. The lowest BCUT2D eigenvalue weighted by Gasteiger charge is -2.34. The molecular weight excluding hydrogens is 394 g/mol. The number of hydrogen-bond donors (Lipinski definition) is 2. The lowest BCUT2D eigenvalue weighted by Crippen LogP contribution is -2.49. The quantitative estimate of drug-likeness (QED) is 0.639. The molecule has 4 amide bonds. The molecule has 1 aromatic carbocycles. The first-order valence-electron chi connectivity index (χ1n) is 11.5. The van der Waals surface area contributed by atoms with Crippen LogP contribution in [0.3, 0.4) is 0 Å². The van der Waals surface area contributed by atoms with Crippen molar-refractivity contribution in [3.05, 3.63) is 35.9 Å². The first kappa shape index (κ1) is 21.8. The molecule has 2 saturated heterocycles. The first-order chi connectivity index (χ1) is 15.1. The van der Waals surface area contributed by atoms with Gasteiger partial charge in [-0.05, 0) is 18.4 Å². The Morgan fingerprint density at radius 1 is 0.968 bits per heavy atom. The van der Waals surface area contributed by atoms with Gasteiger partial charge < -0.3 is 10.6 Å². The van der Waals surface area contributed by atoms with Gasteiger partial charge in [-0.25, -0.2) is 4.79 Å². The van der Waals surface area contributed by atoms with Crippen LogP contribution in [-0.4, -0.2) is 83.9 Å². The van der Waals surface area contributed by atoms with Crippen molar-refractivity contribution < 1.29 is 14.4 Å². The maximum atomic E-state index is 12.8. The molecule has 4 rings (SSSR count). The topological polar surface area (TPSA) is 85.0 Å². The van der Waals surface area contributed by atoms with E-state index in [1.54, 1.807) is 0 Å². The highest BCUT2D eigenvalue weighted by atomic mass is 16.2. The zero-order valence-corrected chi connectivity index (χ0v) is 18.1. The van der Waals surface area contributed by atoms with Crippen LogP contribution < -0.4 is 10.6 Å². The molecule has 1 aromatic rings. The van der Waals surface area contributed by atoms with Crippen molar-refractivity contribution >= 4 is 17.8 Å². The summed E-state index contributed by atoms with van der Waals surface area (Å²) in [5, 5.41) is 5.72. The highest BCUT2D eigenvalue weighted by Gasteiger charge is 2.51. The molecule has 8 heteroatoms.